The maximum Gasteiger partial charge on any atom is 0.335 e. The van der Waals surface area contributed by atoms with Crippen LogP contribution in [0.2, 0.25) is 0 Å². The van der Waals surface area contributed by atoms with Crippen molar-refractivity contribution in [3.8, 4) is 5.75 Å². The van der Waals surface area contributed by atoms with Gasteiger partial charge in [-0.2, -0.15) is 0 Å². The molecule has 1 atom stereocenters. The first-order valence-corrected chi connectivity index (χ1v) is 5.36. The largest absolute Gasteiger partial charge is 0.508 e. The SMILES string of the molecule is COC(=O)C(O)C(C)(C)c1cc(C)ccc1O. The maximum atomic E-state index is 11.4. The second-order valence-corrected chi connectivity index (χ2v) is 4.67. The molecular formula is C13H18O4. The van der Waals surface area contributed by atoms with Crippen LogP contribution in [0.4, 0.5) is 0 Å². The molecule has 0 saturated carbocycles. The number of carbonyl (C=O) groups is 1. The number of ether oxygens (including phenoxy) is 1. The average Bonchev–Trinajstić information content (AvgIpc) is 2.30. The number of rotatable bonds is 3. The molecule has 0 heterocycles. The van der Waals surface area contributed by atoms with Gasteiger partial charge in [0, 0.05) is 11.0 Å². The lowest BCUT2D eigenvalue weighted by Crippen LogP contribution is -2.40. The van der Waals surface area contributed by atoms with Gasteiger partial charge in [-0.05, 0) is 13.0 Å². The van der Waals surface area contributed by atoms with E-state index < -0.39 is 17.5 Å². The van der Waals surface area contributed by atoms with Gasteiger partial charge in [0.1, 0.15) is 5.75 Å². The van der Waals surface area contributed by atoms with E-state index in [4.69, 9.17) is 0 Å². The third-order valence-electron chi connectivity index (χ3n) is 2.95. The highest BCUT2D eigenvalue weighted by Gasteiger charge is 2.37. The Morgan fingerprint density at radius 3 is 2.53 bits per heavy atom. The summed E-state index contributed by atoms with van der Waals surface area (Å²) in [5.74, 6) is -0.653. The number of aryl methyl sites for hydroxylation is 1. The molecule has 94 valence electrons. The highest BCUT2D eigenvalue weighted by molar-refractivity contribution is 5.76. The molecule has 1 rings (SSSR count). The van der Waals surface area contributed by atoms with E-state index in [1.165, 1.54) is 7.11 Å². The number of phenolic OH excluding ortho intramolecular Hbond substituents is 1. The highest BCUT2D eigenvalue weighted by atomic mass is 16.5. The molecule has 1 unspecified atom stereocenters. The Balaban J connectivity index is 3.20. The predicted octanol–water partition coefficient (Wildman–Crippen LogP) is 1.51. The summed E-state index contributed by atoms with van der Waals surface area (Å²) in [5.41, 5.74) is 0.557. The summed E-state index contributed by atoms with van der Waals surface area (Å²) in [6, 6.07) is 5.07. The van der Waals surface area contributed by atoms with E-state index in [1.807, 2.05) is 6.92 Å². The monoisotopic (exact) mass is 238 g/mol. The Bertz CT molecular complexity index is 423. The van der Waals surface area contributed by atoms with Crippen molar-refractivity contribution >= 4 is 5.97 Å². The summed E-state index contributed by atoms with van der Waals surface area (Å²) in [6.07, 6.45) is -1.32. The number of hydrogen-bond acceptors (Lipinski definition) is 4. The molecule has 4 nitrogen and oxygen atoms in total. The fourth-order valence-corrected chi connectivity index (χ4v) is 1.72. The summed E-state index contributed by atoms with van der Waals surface area (Å²) < 4.78 is 4.52. The smallest absolute Gasteiger partial charge is 0.335 e. The molecule has 0 radical (unpaired) electrons. The van der Waals surface area contributed by atoms with Crippen LogP contribution in [0.15, 0.2) is 18.2 Å². The summed E-state index contributed by atoms with van der Waals surface area (Å²) in [4.78, 5) is 11.4. The number of esters is 1. The molecule has 17 heavy (non-hydrogen) atoms. The third kappa shape index (κ3) is 2.58. The first kappa shape index (κ1) is 13.5. The standard InChI is InChI=1S/C13H18O4/c1-8-5-6-10(14)9(7-8)13(2,3)11(15)12(16)17-4/h5-7,11,14-15H,1-4H3. The molecule has 1 aromatic rings. The van der Waals surface area contributed by atoms with Crippen molar-refractivity contribution in [2.45, 2.75) is 32.3 Å². The lowest BCUT2D eigenvalue weighted by molar-refractivity contribution is -0.153. The van der Waals surface area contributed by atoms with Crippen LogP contribution in [0.25, 0.3) is 0 Å². The fourth-order valence-electron chi connectivity index (χ4n) is 1.72. The summed E-state index contributed by atoms with van der Waals surface area (Å²) >= 11 is 0. The molecule has 0 aliphatic heterocycles. The molecule has 0 spiro atoms. The van der Waals surface area contributed by atoms with Crippen LogP contribution in [0.1, 0.15) is 25.0 Å². The van der Waals surface area contributed by atoms with Crippen LogP contribution in [-0.4, -0.2) is 29.4 Å². The number of aromatic hydroxyl groups is 1. The molecule has 0 bridgehead atoms. The van der Waals surface area contributed by atoms with Gasteiger partial charge in [0.2, 0.25) is 0 Å². The molecule has 1 aromatic carbocycles. The molecule has 0 amide bonds. The minimum atomic E-state index is -1.32. The van der Waals surface area contributed by atoms with Crippen molar-refractivity contribution in [1.82, 2.24) is 0 Å². The lowest BCUT2D eigenvalue weighted by Gasteiger charge is -2.30. The van der Waals surface area contributed by atoms with Crippen LogP contribution in [0.5, 0.6) is 5.75 Å². The van der Waals surface area contributed by atoms with Crippen LogP contribution >= 0.6 is 0 Å². The van der Waals surface area contributed by atoms with Gasteiger partial charge < -0.3 is 14.9 Å². The summed E-state index contributed by atoms with van der Waals surface area (Å²) in [5, 5.41) is 19.7. The second kappa shape index (κ2) is 4.75. The second-order valence-electron chi connectivity index (χ2n) is 4.67. The van der Waals surface area contributed by atoms with Crippen molar-refractivity contribution in [2.75, 3.05) is 7.11 Å². The number of phenols is 1. The normalized spacial score (nSPS) is 13.2. The van der Waals surface area contributed by atoms with Gasteiger partial charge in [-0.25, -0.2) is 4.79 Å². The van der Waals surface area contributed by atoms with Crippen LogP contribution in [0, 0.1) is 6.92 Å². The van der Waals surface area contributed by atoms with Crippen LogP contribution in [-0.2, 0) is 14.9 Å². The first-order valence-electron chi connectivity index (χ1n) is 5.36. The zero-order valence-corrected chi connectivity index (χ0v) is 10.5. The number of hydrogen-bond donors (Lipinski definition) is 2. The Morgan fingerprint density at radius 1 is 1.41 bits per heavy atom. The molecule has 2 N–H and O–H groups in total. The Labute approximate surface area is 101 Å². The van der Waals surface area contributed by atoms with E-state index in [9.17, 15) is 15.0 Å². The number of aliphatic hydroxyl groups excluding tert-OH is 1. The fraction of sp³-hybridized carbons (Fsp3) is 0.462. The minimum Gasteiger partial charge on any atom is -0.508 e. The topological polar surface area (TPSA) is 66.8 Å². The zero-order valence-electron chi connectivity index (χ0n) is 10.5. The maximum absolute atomic E-state index is 11.4. The van der Waals surface area contributed by atoms with Crippen LogP contribution < -0.4 is 0 Å². The first-order chi connectivity index (χ1) is 7.80. The molecule has 0 saturated heterocycles. The Kier molecular flexibility index (Phi) is 3.78. The van der Waals surface area contributed by atoms with Gasteiger partial charge in [-0.15, -0.1) is 0 Å². The van der Waals surface area contributed by atoms with E-state index in [0.717, 1.165) is 5.56 Å². The quantitative estimate of drug-likeness (QED) is 0.783. The van der Waals surface area contributed by atoms with Gasteiger partial charge in [0.25, 0.3) is 0 Å². The lowest BCUT2D eigenvalue weighted by atomic mass is 9.78. The van der Waals surface area contributed by atoms with Gasteiger partial charge in [-0.1, -0.05) is 31.5 Å². The van der Waals surface area contributed by atoms with Gasteiger partial charge >= 0.3 is 5.97 Å². The van der Waals surface area contributed by atoms with E-state index in [0.29, 0.717) is 5.56 Å². The molecule has 4 heteroatoms. The van der Waals surface area contributed by atoms with E-state index in [-0.39, 0.29) is 5.75 Å². The van der Waals surface area contributed by atoms with Crippen molar-refractivity contribution in [1.29, 1.82) is 0 Å². The van der Waals surface area contributed by atoms with Gasteiger partial charge in [-0.3, -0.25) is 0 Å². The predicted molar refractivity (Wildman–Crippen MR) is 63.9 cm³/mol. The molecule has 0 aromatic heterocycles. The Hall–Kier alpha value is -1.55. The van der Waals surface area contributed by atoms with Crippen molar-refractivity contribution in [3.05, 3.63) is 29.3 Å². The van der Waals surface area contributed by atoms with E-state index in [1.54, 1.807) is 32.0 Å². The average molecular weight is 238 g/mol. The van der Waals surface area contributed by atoms with Crippen molar-refractivity contribution in [3.63, 3.8) is 0 Å². The number of carbonyl (C=O) groups excluding carboxylic acids is 1. The van der Waals surface area contributed by atoms with Crippen molar-refractivity contribution < 1.29 is 19.7 Å². The minimum absolute atomic E-state index is 0.0588. The molecular weight excluding hydrogens is 220 g/mol. The van der Waals surface area contributed by atoms with E-state index >= 15 is 0 Å². The van der Waals surface area contributed by atoms with Crippen LogP contribution in [0.3, 0.4) is 0 Å². The molecule has 0 fully saturated rings. The highest BCUT2D eigenvalue weighted by Crippen LogP contribution is 2.34. The zero-order chi connectivity index (χ0) is 13.2. The number of methoxy groups -OCH3 is 1. The summed E-state index contributed by atoms with van der Waals surface area (Å²) in [6.45, 7) is 5.25. The molecule has 0 aliphatic carbocycles. The van der Waals surface area contributed by atoms with Gasteiger partial charge in [0.15, 0.2) is 6.10 Å². The number of aliphatic hydroxyl groups is 1. The molecule has 0 aliphatic rings. The van der Waals surface area contributed by atoms with Gasteiger partial charge in [0.05, 0.1) is 7.11 Å². The van der Waals surface area contributed by atoms with E-state index in [2.05, 4.69) is 4.74 Å². The number of benzene rings is 1. The summed E-state index contributed by atoms with van der Waals surface area (Å²) in [7, 11) is 1.22. The third-order valence-corrected chi connectivity index (χ3v) is 2.95. The Morgan fingerprint density at radius 2 is 2.00 bits per heavy atom. The van der Waals surface area contributed by atoms with Crippen molar-refractivity contribution in [2.24, 2.45) is 0 Å².